The van der Waals surface area contributed by atoms with E-state index >= 15 is 0 Å². The van der Waals surface area contributed by atoms with Crippen molar-refractivity contribution < 1.29 is 19.4 Å². The molecule has 1 atom stereocenters. The fraction of sp³-hybridized carbons (Fsp3) is 0.529. The van der Waals surface area contributed by atoms with Crippen LogP contribution in [0.1, 0.15) is 37.0 Å². The number of piperidine rings is 1. The van der Waals surface area contributed by atoms with E-state index in [0.29, 0.717) is 29.2 Å². The van der Waals surface area contributed by atoms with E-state index in [1.165, 1.54) is 18.2 Å². The molecular weight excluding hydrogens is 346 g/mol. The summed E-state index contributed by atoms with van der Waals surface area (Å²) >= 11 is 6.07. The maximum absolute atomic E-state index is 12.1. The minimum atomic E-state index is -0.956. The molecule has 0 radical (unpaired) electrons. The van der Waals surface area contributed by atoms with Crippen LogP contribution in [-0.4, -0.2) is 48.4 Å². The lowest BCUT2D eigenvalue weighted by atomic mass is 9.94. The van der Waals surface area contributed by atoms with Gasteiger partial charge in [-0.15, -0.1) is 0 Å². The SMILES string of the molecule is CC(C)OC(=O)c1ccc(Cl)c(NC(=O)NCC2(O)CCCNC2)c1. The lowest BCUT2D eigenvalue weighted by Gasteiger charge is -2.32. The highest BCUT2D eigenvalue weighted by molar-refractivity contribution is 6.33. The molecule has 1 saturated heterocycles. The molecule has 1 unspecified atom stereocenters. The van der Waals surface area contributed by atoms with Gasteiger partial charge < -0.3 is 25.8 Å². The number of ether oxygens (including phenoxy) is 1. The fourth-order valence-electron chi connectivity index (χ4n) is 2.54. The lowest BCUT2D eigenvalue weighted by molar-refractivity contribution is 0.0198. The van der Waals surface area contributed by atoms with Gasteiger partial charge in [0.15, 0.2) is 0 Å². The van der Waals surface area contributed by atoms with Gasteiger partial charge in [0.1, 0.15) is 0 Å². The Balaban J connectivity index is 1.96. The molecule has 1 heterocycles. The van der Waals surface area contributed by atoms with E-state index in [-0.39, 0.29) is 12.6 Å². The molecule has 1 aromatic carbocycles. The Bertz CT molecular complexity index is 630. The van der Waals surface area contributed by atoms with E-state index in [1.807, 2.05) is 0 Å². The zero-order chi connectivity index (χ0) is 18.4. The topological polar surface area (TPSA) is 99.7 Å². The van der Waals surface area contributed by atoms with Gasteiger partial charge in [-0.25, -0.2) is 9.59 Å². The minimum absolute atomic E-state index is 0.124. The quantitative estimate of drug-likeness (QED) is 0.596. The van der Waals surface area contributed by atoms with Crippen LogP contribution in [0.25, 0.3) is 0 Å². The van der Waals surface area contributed by atoms with Crippen LogP contribution in [-0.2, 0) is 4.74 Å². The Hall–Kier alpha value is -1.83. The third kappa shape index (κ3) is 5.88. The summed E-state index contributed by atoms with van der Waals surface area (Å²) in [6.45, 7) is 4.93. The number of β-amino-alcohol motifs (C(OH)–C–C–N with tert-alkyl or cyclic N) is 1. The molecule has 8 heteroatoms. The first-order valence-electron chi connectivity index (χ1n) is 8.27. The second kappa shape index (κ2) is 8.51. The average Bonchev–Trinajstić information content (AvgIpc) is 2.55. The fourth-order valence-corrected chi connectivity index (χ4v) is 2.71. The summed E-state index contributed by atoms with van der Waals surface area (Å²) < 4.78 is 5.13. The van der Waals surface area contributed by atoms with E-state index in [4.69, 9.17) is 16.3 Å². The van der Waals surface area contributed by atoms with E-state index in [2.05, 4.69) is 16.0 Å². The summed E-state index contributed by atoms with van der Waals surface area (Å²) in [4.78, 5) is 24.0. The van der Waals surface area contributed by atoms with Gasteiger partial charge in [0.25, 0.3) is 0 Å². The molecule has 1 aromatic rings. The first kappa shape index (κ1) is 19.5. The molecule has 1 aliphatic heterocycles. The van der Waals surface area contributed by atoms with Crippen LogP contribution in [0.15, 0.2) is 18.2 Å². The third-order valence-corrected chi connectivity index (χ3v) is 4.15. The Labute approximate surface area is 152 Å². The number of benzene rings is 1. The molecule has 25 heavy (non-hydrogen) atoms. The van der Waals surface area contributed by atoms with Crippen LogP contribution in [0.2, 0.25) is 5.02 Å². The highest BCUT2D eigenvalue weighted by Crippen LogP contribution is 2.24. The number of halogens is 1. The molecule has 0 saturated carbocycles. The number of esters is 1. The molecule has 1 aliphatic rings. The van der Waals surface area contributed by atoms with E-state index in [0.717, 1.165) is 13.0 Å². The molecule has 138 valence electrons. The van der Waals surface area contributed by atoms with Gasteiger partial charge >= 0.3 is 12.0 Å². The van der Waals surface area contributed by atoms with Crippen LogP contribution in [0.3, 0.4) is 0 Å². The van der Waals surface area contributed by atoms with Crippen molar-refractivity contribution in [3.63, 3.8) is 0 Å². The standard InChI is InChI=1S/C17H24ClN3O4/c1-11(2)25-15(22)12-4-5-13(18)14(8-12)21-16(23)20-10-17(24)6-3-7-19-9-17/h4-5,8,11,19,24H,3,6-7,9-10H2,1-2H3,(H2,20,21,23). The number of nitrogens with one attached hydrogen (secondary N) is 3. The molecule has 0 aliphatic carbocycles. The van der Waals surface area contributed by atoms with E-state index in [1.54, 1.807) is 13.8 Å². The predicted octanol–water partition coefficient (Wildman–Crippen LogP) is 2.14. The minimum Gasteiger partial charge on any atom is -0.459 e. The van der Waals surface area contributed by atoms with Gasteiger partial charge in [0.05, 0.1) is 28.0 Å². The van der Waals surface area contributed by atoms with E-state index < -0.39 is 17.6 Å². The summed E-state index contributed by atoms with van der Waals surface area (Å²) in [5.41, 5.74) is -0.364. The van der Waals surface area contributed by atoms with Gasteiger partial charge in [-0.05, 0) is 51.4 Å². The normalized spacial score (nSPS) is 20.2. The maximum Gasteiger partial charge on any atom is 0.338 e. The number of aliphatic hydroxyl groups is 1. The molecule has 0 aromatic heterocycles. The molecular formula is C17H24ClN3O4. The number of urea groups is 1. The second-order valence-electron chi connectivity index (χ2n) is 6.46. The van der Waals surface area contributed by atoms with Gasteiger partial charge in [0, 0.05) is 13.1 Å². The Morgan fingerprint density at radius 2 is 2.20 bits per heavy atom. The number of rotatable bonds is 5. The van der Waals surface area contributed by atoms with Crippen molar-refractivity contribution in [2.75, 3.05) is 25.0 Å². The first-order valence-corrected chi connectivity index (χ1v) is 8.65. The molecule has 1 fully saturated rings. The zero-order valence-corrected chi connectivity index (χ0v) is 15.2. The largest absolute Gasteiger partial charge is 0.459 e. The second-order valence-corrected chi connectivity index (χ2v) is 6.87. The molecule has 0 spiro atoms. The Morgan fingerprint density at radius 3 is 2.84 bits per heavy atom. The molecule has 2 rings (SSSR count). The van der Waals surface area contributed by atoms with Crippen molar-refractivity contribution >= 4 is 29.3 Å². The zero-order valence-electron chi connectivity index (χ0n) is 14.4. The maximum atomic E-state index is 12.1. The van der Waals surface area contributed by atoms with Crippen molar-refractivity contribution in [2.45, 2.75) is 38.4 Å². The third-order valence-electron chi connectivity index (χ3n) is 3.82. The monoisotopic (exact) mass is 369 g/mol. The van der Waals surface area contributed by atoms with Gasteiger partial charge in [-0.1, -0.05) is 11.6 Å². The number of anilines is 1. The van der Waals surface area contributed by atoms with Crippen LogP contribution in [0, 0.1) is 0 Å². The molecule has 2 amide bonds. The highest BCUT2D eigenvalue weighted by Gasteiger charge is 2.29. The van der Waals surface area contributed by atoms with Gasteiger partial charge in [-0.3, -0.25) is 0 Å². The number of amides is 2. The van der Waals surface area contributed by atoms with Gasteiger partial charge in [0.2, 0.25) is 0 Å². The average molecular weight is 370 g/mol. The van der Waals surface area contributed by atoms with Crippen molar-refractivity contribution in [2.24, 2.45) is 0 Å². The van der Waals surface area contributed by atoms with E-state index in [9.17, 15) is 14.7 Å². The van der Waals surface area contributed by atoms with Crippen LogP contribution < -0.4 is 16.0 Å². The van der Waals surface area contributed by atoms with Crippen LogP contribution in [0.4, 0.5) is 10.5 Å². The molecule has 4 N–H and O–H groups in total. The summed E-state index contributed by atoms with van der Waals surface area (Å²) in [6.07, 6.45) is 1.23. The lowest BCUT2D eigenvalue weighted by Crippen LogP contribution is -2.53. The summed E-state index contributed by atoms with van der Waals surface area (Å²) in [6, 6.07) is 4.01. The molecule has 0 bridgehead atoms. The highest BCUT2D eigenvalue weighted by atomic mass is 35.5. The Morgan fingerprint density at radius 1 is 1.44 bits per heavy atom. The first-order chi connectivity index (χ1) is 11.8. The number of carbonyl (C=O) groups excluding carboxylic acids is 2. The summed E-state index contributed by atoms with van der Waals surface area (Å²) in [5, 5.41) is 19.0. The predicted molar refractivity (Wildman–Crippen MR) is 96.1 cm³/mol. The smallest absolute Gasteiger partial charge is 0.338 e. The van der Waals surface area contributed by atoms with Crippen LogP contribution >= 0.6 is 11.6 Å². The van der Waals surface area contributed by atoms with Crippen molar-refractivity contribution in [3.8, 4) is 0 Å². The van der Waals surface area contributed by atoms with Crippen LogP contribution in [0.5, 0.6) is 0 Å². The summed E-state index contributed by atoms with van der Waals surface area (Å²) in [5.74, 6) is -0.488. The number of hydrogen-bond acceptors (Lipinski definition) is 5. The molecule has 7 nitrogen and oxygen atoms in total. The van der Waals surface area contributed by atoms with Crippen molar-refractivity contribution in [3.05, 3.63) is 28.8 Å². The van der Waals surface area contributed by atoms with Gasteiger partial charge in [-0.2, -0.15) is 0 Å². The van der Waals surface area contributed by atoms with Crippen molar-refractivity contribution in [1.82, 2.24) is 10.6 Å². The van der Waals surface area contributed by atoms with Crippen molar-refractivity contribution in [1.29, 1.82) is 0 Å². The number of hydrogen-bond donors (Lipinski definition) is 4. The number of carbonyl (C=O) groups is 2. The summed E-state index contributed by atoms with van der Waals surface area (Å²) in [7, 11) is 0. The Kier molecular flexibility index (Phi) is 6.64.